The number of unbranched alkanes of at least 4 members (excludes halogenated alkanes) is 14. The van der Waals surface area contributed by atoms with Crippen molar-refractivity contribution in [3.05, 3.63) is 70.8 Å². The molecule has 0 atom stereocenters. The lowest BCUT2D eigenvalue weighted by atomic mass is 9.80. The van der Waals surface area contributed by atoms with E-state index in [0.29, 0.717) is 5.92 Å². The standard InChI is InChI=1S/C36H58/c1-4-7-10-13-16-18-25-32-27-21-23-29-34(32)36(31-20-15-12-9-6-3)35-30-24-22-28-33(35)26-19-17-14-11-8-5-2/h21-24,27-30,36H,4-20,25-26,31H2,1-3H3. The first kappa shape index (κ1) is 30.7. The van der Waals surface area contributed by atoms with Crippen LogP contribution in [0.25, 0.3) is 0 Å². The summed E-state index contributed by atoms with van der Waals surface area (Å²) in [6.45, 7) is 6.94. The molecule has 36 heavy (non-hydrogen) atoms. The van der Waals surface area contributed by atoms with Crippen LogP contribution in [-0.2, 0) is 12.8 Å². The molecule has 0 spiro atoms. The summed E-state index contributed by atoms with van der Waals surface area (Å²) in [4.78, 5) is 0. The largest absolute Gasteiger partial charge is 0.0654 e. The second kappa shape index (κ2) is 20.5. The lowest BCUT2D eigenvalue weighted by molar-refractivity contribution is 0.570. The molecule has 0 bridgehead atoms. The zero-order valence-corrected chi connectivity index (χ0v) is 24.3. The Morgan fingerprint density at radius 3 is 1.22 bits per heavy atom. The van der Waals surface area contributed by atoms with Crippen molar-refractivity contribution in [2.75, 3.05) is 0 Å². The number of hydrogen-bond donors (Lipinski definition) is 0. The van der Waals surface area contributed by atoms with E-state index >= 15 is 0 Å². The zero-order chi connectivity index (χ0) is 25.7. The van der Waals surface area contributed by atoms with Gasteiger partial charge in [0, 0.05) is 5.92 Å². The highest BCUT2D eigenvalue weighted by atomic mass is 14.2. The summed E-state index contributed by atoms with van der Waals surface area (Å²) in [6, 6.07) is 18.9. The van der Waals surface area contributed by atoms with Gasteiger partial charge >= 0.3 is 0 Å². The topological polar surface area (TPSA) is 0 Å². The van der Waals surface area contributed by atoms with Crippen LogP contribution in [0.2, 0.25) is 0 Å². The molecule has 0 aromatic heterocycles. The predicted molar refractivity (Wildman–Crippen MR) is 162 cm³/mol. The van der Waals surface area contributed by atoms with Crippen molar-refractivity contribution in [3.63, 3.8) is 0 Å². The molecule has 202 valence electrons. The van der Waals surface area contributed by atoms with Crippen LogP contribution in [-0.4, -0.2) is 0 Å². The monoisotopic (exact) mass is 490 g/mol. The lowest BCUT2D eigenvalue weighted by Crippen LogP contribution is -2.08. The minimum absolute atomic E-state index is 0.555. The van der Waals surface area contributed by atoms with Crippen LogP contribution in [0.1, 0.15) is 165 Å². The van der Waals surface area contributed by atoms with Crippen LogP contribution in [0, 0.1) is 0 Å². The maximum Gasteiger partial charge on any atom is 0.00947 e. The van der Waals surface area contributed by atoms with E-state index in [1.165, 1.54) is 128 Å². The van der Waals surface area contributed by atoms with Crippen LogP contribution in [0.15, 0.2) is 48.5 Å². The Labute approximate surface area is 225 Å². The maximum absolute atomic E-state index is 2.46. The predicted octanol–water partition coefficient (Wildman–Crippen LogP) is 12.0. The highest BCUT2D eigenvalue weighted by molar-refractivity contribution is 5.42. The van der Waals surface area contributed by atoms with E-state index < -0.39 is 0 Å². The molecule has 0 radical (unpaired) electrons. The Morgan fingerprint density at radius 1 is 0.417 bits per heavy atom. The molecule has 0 fully saturated rings. The van der Waals surface area contributed by atoms with Crippen molar-refractivity contribution < 1.29 is 0 Å². The molecule has 2 rings (SSSR count). The summed E-state index contributed by atoms with van der Waals surface area (Å²) in [5, 5.41) is 0. The molecule has 0 N–H and O–H groups in total. The van der Waals surface area contributed by atoms with E-state index in [1.807, 2.05) is 0 Å². The van der Waals surface area contributed by atoms with Gasteiger partial charge in [-0.3, -0.25) is 0 Å². The Morgan fingerprint density at radius 2 is 0.778 bits per heavy atom. The molecule has 0 saturated carbocycles. The summed E-state index contributed by atoms with van der Waals surface area (Å²) in [5.41, 5.74) is 6.47. The van der Waals surface area contributed by atoms with Crippen molar-refractivity contribution in [3.8, 4) is 0 Å². The van der Waals surface area contributed by atoms with Gasteiger partial charge in [-0.05, 0) is 54.4 Å². The van der Waals surface area contributed by atoms with Crippen molar-refractivity contribution in [2.45, 2.75) is 155 Å². The van der Waals surface area contributed by atoms with Crippen LogP contribution >= 0.6 is 0 Å². The molecule has 0 saturated heterocycles. The van der Waals surface area contributed by atoms with E-state index in [2.05, 4.69) is 69.3 Å². The Balaban J connectivity index is 2.14. The molecular weight excluding hydrogens is 432 g/mol. The Hall–Kier alpha value is -1.56. The van der Waals surface area contributed by atoms with Gasteiger partial charge in [0.15, 0.2) is 0 Å². The van der Waals surface area contributed by atoms with Gasteiger partial charge in [0.05, 0.1) is 0 Å². The number of rotatable bonds is 22. The minimum atomic E-state index is 0.555. The fraction of sp³-hybridized carbons (Fsp3) is 0.667. The molecule has 2 aromatic carbocycles. The number of hydrogen-bond acceptors (Lipinski definition) is 0. The van der Waals surface area contributed by atoms with Gasteiger partial charge < -0.3 is 0 Å². The average molecular weight is 491 g/mol. The quantitative estimate of drug-likeness (QED) is 0.144. The second-order valence-corrected chi connectivity index (χ2v) is 11.2. The zero-order valence-electron chi connectivity index (χ0n) is 24.3. The molecular formula is C36H58. The summed E-state index contributed by atoms with van der Waals surface area (Å²) < 4.78 is 0. The van der Waals surface area contributed by atoms with E-state index in [1.54, 1.807) is 22.3 Å². The van der Waals surface area contributed by atoms with Gasteiger partial charge in [0.2, 0.25) is 0 Å². The van der Waals surface area contributed by atoms with E-state index in [9.17, 15) is 0 Å². The molecule has 0 amide bonds. The van der Waals surface area contributed by atoms with Gasteiger partial charge in [-0.2, -0.15) is 0 Å². The van der Waals surface area contributed by atoms with Crippen LogP contribution < -0.4 is 0 Å². The molecule has 0 aliphatic rings. The fourth-order valence-electron chi connectivity index (χ4n) is 5.83. The SMILES string of the molecule is CCCCCCCCc1ccccc1C(CCCCCCC)c1ccccc1CCCCCCCC. The average Bonchev–Trinajstić information content (AvgIpc) is 2.91. The highest BCUT2D eigenvalue weighted by Crippen LogP contribution is 2.35. The van der Waals surface area contributed by atoms with Crippen molar-refractivity contribution in [1.29, 1.82) is 0 Å². The van der Waals surface area contributed by atoms with Gasteiger partial charge in [-0.1, -0.05) is 166 Å². The minimum Gasteiger partial charge on any atom is -0.0654 e. The Kier molecular flexibility index (Phi) is 17.5. The van der Waals surface area contributed by atoms with Gasteiger partial charge in [0.1, 0.15) is 0 Å². The van der Waals surface area contributed by atoms with Gasteiger partial charge in [-0.25, -0.2) is 0 Å². The lowest BCUT2D eigenvalue weighted by Gasteiger charge is -2.24. The summed E-state index contributed by atoms with van der Waals surface area (Å²) in [5.74, 6) is 0.555. The second-order valence-electron chi connectivity index (χ2n) is 11.2. The van der Waals surface area contributed by atoms with Gasteiger partial charge in [0.25, 0.3) is 0 Å². The third kappa shape index (κ3) is 12.1. The maximum atomic E-state index is 2.46. The first-order chi connectivity index (χ1) is 17.8. The number of aryl methyl sites for hydroxylation is 2. The summed E-state index contributed by atoms with van der Waals surface area (Å²) in [7, 11) is 0. The van der Waals surface area contributed by atoms with Crippen LogP contribution in [0.3, 0.4) is 0 Å². The molecule has 0 heteroatoms. The summed E-state index contributed by atoms with van der Waals surface area (Å²) >= 11 is 0. The van der Waals surface area contributed by atoms with Crippen LogP contribution in [0.4, 0.5) is 0 Å². The van der Waals surface area contributed by atoms with E-state index in [0.717, 1.165) is 0 Å². The van der Waals surface area contributed by atoms with Crippen molar-refractivity contribution in [2.24, 2.45) is 0 Å². The molecule has 0 aliphatic heterocycles. The van der Waals surface area contributed by atoms with Gasteiger partial charge in [-0.15, -0.1) is 0 Å². The van der Waals surface area contributed by atoms with E-state index in [-0.39, 0.29) is 0 Å². The fourth-order valence-corrected chi connectivity index (χ4v) is 5.83. The molecule has 2 aromatic rings. The first-order valence-corrected chi connectivity index (χ1v) is 16.0. The molecule has 0 nitrogen and oxygen atoms in total. The third-order valence-electron chi connectivity index (χ3n) is 8.06. The Bertz CT molecular complexity index is 714. The van der Waals surface area contributed by atoms with Crippen LogP contribution in [0.5, 0.6) is 0 Å². The van der Waals surface area contributed by atoms with Crippen molar-refractivity contribution in [1.82, 2.24) is 0 Å². The highest BCUT2D eigenvalue weighted by Gasteiger charge is 2.19. The first-order valence-electron chi connectivity index (χ1n) is 16.0. The van der Waals surface area contributed by atoms with E-state index in [4.69, 9.17) is 0 Å². The molecule has 0 heterocycles. The molecule has 0 unspecified atom stereocenters. The molecule has 0 aliphatic carbocycles. The summed E-state index contributed by atoms with van der Waals surface area (Å²) in [6.07, 6.45) is 27.1. The van der Waals surface area contributed by atoms with Crippen molar-refractivity contribution >= 4 is 0 Å². The smallest absolute Gasteiger partial charge is 0.00947 e. The normalized spacial score (nSPS) is 11.4. The number of benzene rings is 2. The third-order valence-corrected chi connectivity index (χ3v) is 8.06.